The summed E-state index contributed by atoms with van der Waals surface area (Å²) < 4.78 is 24.7. The van der Waals surface area contributed by atoms with Crippen molar-refractivity contribution in [2.75, 3.05) is 11.5 Å². The van der Waals surface area contributed by atoms with E-state index in [0.29, 0.717) is 22.9 Å². The Morgan fingerprint density at radius 3 is 2.33 bits per heavy atom. The molecular weight excluding hydrogens is 521 g/mol. The second-order valence-electron chi connectivity index (χ2n) is 9.79. The highest BCUT2D eigenvalue weighted by molar-refractivity contribution is 7.91. The van der Waals surface area contributed by atoms with Gasteiger partial charge in [0.25, 0.3) is 0 Å². The van der Waals surface area contributed by atoms with Crippen molar-refractivity contribution < 1.29 is 23.1 Å². The summed E-state index contributed by atoms with van der Waals surface area (Å²) in [6, 6.07) is 13.9. The molecule has 1 saturated heterocycles. The van der Waals surface area contributed by atoms with Gasteiger partial charge in [-0.25, -0.2) is 8.42 Å². The summed E-state index contributed by atoms with van der Waals surface area (Å²) in [5, 5.41) is 10.8. The zero-order valence-corrected chi connectivity index (χ0v) is 23.1. The van der Waals surface area contributed by atoms with Gasteiger partial charge in [0.1, 0.15) is 9.84 Å². The van der Waals surface area contributed by atoms with Gasteiger partial charge in [-0.2, -0.15) is 0 Å². The van der Waals surface area contributed by atoms with E-state index < -0.39 is 33.3 Å². The van der Waals surface area contributed by atoms with Gasteiger partial charge >= 0.3 is 5.97 Å². The molecule has 0 saturated carbocycles. The molecule has 1 aliphatic heterocycles. The number of hydrogen-bond acceptors (Lipinski definition) is 4. The number of sulfone groups is 1. The van der Waals surface area contributed by atoms with E-state index in [2.05, 4.69) is 0 Å². The first kappa shape index (κ1) is 28.5. The van der Waals surface area contributed by atoms with Gasteiger partial charge in [-0.3, -0.25) is 9.59 Å². The molecule has 2 aromatic carbocycles. The fraction of sp³-hybridized carbons (Fsp3) is 0.481. The Balaban J connectivity index is 2.20. The number of nitrogens with zero attached hydrogens (tertiary/aromatic N) is 1. The molecule has 1 heterocycles. The molecule has 0 bridgehead atoms. The molecule has 0 spiro atoms. The largest absolute Gasteiger partial charge is 0.481 e. The molecule has 0 aromatic heterocycles. The number of halogens is 2. The highest BCUT2D eigenvalue weighted by Gasteiger charge is 2.52. The number of carbonyl (C=O) groups excluding carboxylic acids is 1. The third-order valence-electron chi connectivity index (χ3n) is 7.20. The standard InChI is InChI=1S/C27H33Cl2NO5S/c1-4-22(13-14-36(34,35)5-2)30-25(18-9-11-20(28)12-10-18)23(19-7-6-8-21(29)15-19)16-27(3,26(30)33)17-24(31)32/h6-12,15,22-23,25H,4-5,13-14,16-17H2,1-3H3,(H,31,32)/t22-,23?,25+,27-/m0/s1. The Hall–Kier alpha value is -2.09. The van der Waals surface area contributed by atoms with Gasteiger partial charge in [0, 0.05) is 27.8 Å². The molecule has 3 rings (SSSR count). The quantitative estimate of drug-likeness (QED) is 0.381. The molecule has 0 radical (unpaired) electrons. The summed E-state index contributed by atoms with van der Waals surface area (Å²) >= 11 is 12.5. The van der Waals surface area contributed by atoms with Crippen LogP contribution in [0.2, 0.25) is 10.0 Å². The summed E-state index contributed by atoms with van der Waals surface area (Å²) in [6.07, 6.45) is 0.788. The second kappa shape index (κ2) is 11.5. The first-order chi connectivity index (χ1) is 16.9. The first-order valence-electron chi connectivity index (χ1n) is 12.2. The van der Waals surface area contributed by atoms with Gasteiger partial charge in [0.2, 0.25) is 5.91 Å². The first-order valence-corrected chi connectivity index (χ1v) is 14.7. The Labute approximate surface area is 223 Å². The van der Waals surface area contributed by atoms with Crippen molar-refractivity contribution >= 4 is 44.9 Å². The van der Waals surface area contributed by atoms with Gasteiger partial charge < -0.3 is 10.0 Å². The number of likely N-dealkylation sites (tertiary alicyclic amines) is 1. The Morgan fingerprint density at radius 1 is 1.11 bits per heavy atom. The Kier molecular flexibility index (Phi) is 9.12. The number of carboxylic acids is 1. The third-order valence-corrected chi connectivity index (χ3v) is 9.42. The zero-order valence-electron chi connectivity index (χ0n) is 20.8. The highest BCUT2D eigenvalue weighted by Crippen LogP contribution is 2.52. The summed E-state index contributed by atoms with van der Waals surface area (Å²) in [5.74, 6) is -1.61. The van der Waals surface area contributed by atoms with E-state index in [4.69, 9.17) is 23.2 Å². The minimum Gasteiger partial charge on any atom is -0.481 e. The van der Waals surface area contributed by atoms with Crippen LogP contribution in [0.4, 0.5) is 0 Å². The topological polar surface area (TPSA) is 91.8 Å². The van der Waals surface area contributed by atoms with Crippen LogP contribution in [0.15, 0.2) is 48.5 Å². The number of benzene rings is 2. The minimum absolute atomic E-state index is 0.0276. The molecule has 1 N–H and O–H groups in total. The third kappa shape index (κ3) is 6.42. The number of rotatable bonds is 10. The van der Waals surface area contributed by atoms with E-state index in [-0.39, 0.29) is 36.2 Å². The van der Waals surface area contributed by atoms with Crippen molar-refractivity contribution in [3.63, 3.8) is 0 Å². The molecule has 1 aliphatic rings. The van der Waals surface area contributed by atoms with Gasteiger partial charge in [-0.1, -0.05) is 68.2 Å². The van der Waals surface area contributed by atoms with Crippen LogP contribution < -0.4 is 0 Å². The molecule has 1 unspecified atom stereocenters. The highest BCUT2D eigenvalue weighted by atomic mass is 35.5. The zero-order chi connectivity index (χ0) is 26.7. The maximum absolute atomic E-state index is 14.1. The molecule has 0 aliphatic carbocycles. The molecule has 9 heteroatoms. The van der Waals surface area contributed by atoms with Gasteiger partial charge in [-0.15, -0.1) is 0 Å². The fourth-order valence-electron chi connectivity index (χ4n) is 5.28. The van der Waals surface area contributed by atoms with Crippen molar-refractivity contribution in [2.45, 2.75) is 64.5 Å². The molecule has 196 valence electrons. The molecule has 2 aromatic rings. The maximum atomic E-state index is 14.1. The number of carboxylic acid groups (broad SMARTS) is 1. The summed E-state index contributed by atoms with van der Waals surface area (Å²) in [6.45, 7) is 5.23. The lowest BCUT2D eigenvalue weighted by Gasteiger charge is -2.52. The van der Waals surface area contributed by atoms with E-state index in [9.17, 15) is 23.1 Å². The van der Waals surface area contributed by atoms with Crippen LogP contribution >= 0.6 is 23.2 Å². The maximum Gasteiger partial charge on any atom is 0.304 e. The van der Waals surface area contributed by atoms with E-state index in [0.717, 1.165) is 11.1 Å². The summed E-state index contributed by atoms with van der Waals surface area (Å²) in [7, 11) is -3.25. The lowest BCUT2D eigenvalue weighted by atomic mass is 9.67. The fourth-order valence-corrected chi connectivity index (χ4v) is 6.53. The van der Waals surface area contributed by atoms with Crippen molar-refractivity contribution in [1.29, 1.82) is 0 Å². The van der Waals surface area contributed by atoms with Crippen LogP contribution in [-0.2, 0) is 19.4 Å². The SMILES string of the molecule is CC[C@@H](CCS(=O)(=O)CC)N1C(=O)[C@](C)(CC(=O)O)CC(c2cccc(Cl)c2)[C@H]1c1ccc(Cl)cc1. The van der Waals surface area contributed by atoms with Crippen molar-refractivity contribution in [3.05, 3.63) is 69.7 Å². The molecule has 6 nitrogen and oxygen atoms in total. The number of aliphatic carboxylic acids is 1. The number of piperidine rings is 1. The van der Waals surface area contributed by atoms with Crippen LogP contribution in [0.3, 0.4) is 0 Å². The number of carbonyl (C=O) groups is 2. The Morgan fingerprint density at radius 2 is 1.78 bits per heavy atom. The monoisotopic (exact) mass is 553 g/mol. The normalized spacial score (nSPS) is 23.5. The van der Waals surface area contributed by atoms with E-state index in [1.54, 1.807) is 36.9 Å². The molecule has 4 atom stereocenters. The van der Waals surface area contributed by atoms with Crippen LogP contribution in [-0.4, -0.2) is 47.8 Å². The lowest BCUT2D eigenvalue weighted by Crippen LogP contribution is -2.56. The summed E-state index contributed by atoms with van der Waals surface area (Å²) in [4.78, 5) is 27.7. The van der Waals surface area contributed by atoms with Crippen LogP contribution in [0.25, 0.3) is 0 Å². The van der Waals surface area contributed by atoms with E-state index in [1.807, 2.05) is 37.3 Å². The molecular formula is C27H33Cl2NO5S. The van der Waals surface area contributed by atoms with Crippen LogP contribution in [0.5, 0.6) is 0 Å². The molecule has 1 fully saturated rings. The van der Waals surface area contributed by atoms with Crippen LogP contribution in [0, 0.1) is 5.41 Å². The average molecular weight is 555 g/mol. The predicted octanol–water partition coefficient (Wildman–Crippen LogP) is 6.14. The second-order valence-corrected chi connectivity index (χ2v) is 13.1. The number of amides is 1. The van der Waals surface area contributed by atoms with Gasteiger partial charge in [0.05, 0.1) is 23.6 Å². The van der Waals surface area contributed by atoms with Gasteiger partial charge in [0.15, 0.2) is 0 Å². The van der Waals surface area contributed by atoms with Crippen molar-refractivity contribution in [1.82, 2.24) is 4.90 Å². The molecule has 1 amide bonds. The lowest BCUT2D eigenvalue weighted by molar-refractivity contribution is -0.160. The van der Waals surface area contributed by atoms with Crippen LogP contribution in [0.1, 0.15) is 69.5 Å². The van der Waals surface area contributed by atoms with Gasteiger partial charge in [-0.05, 0) is 54.7 Å². The smallest absolute Gasteiger partial charge is 0.304 e. The Bertz CT molecular complexity index is 1200. The minimum atomic E-state index is -3.25. The summed E-state index contributed by atoms with van der Waals surface area (Å²) in [5.41, 5.74) is 0.582. The number of hydrogen-bond donors (Lipinski definition) is 1. The van der Waals surface area contributed by atoms with Crippen molar-refractivity contribution in [3.8, 4) is 0 Å². The average Bonchev–Trinajstić information content (AvgIpc) is 2.82. The predicted molar refractivity (Wildman–Crippen MR) is 143 cm³/mol. The van der Waals surface area contributed by atoms with E-state index in [1.165, 1.54) is 0 Å². The molecule has 36 heavy (non-hydrogen) atoms. The van der Waals surface area contributed by atoms with Crippen molar-refractivity contribution in [2.24, 2.45) is 5.41 Å². The van der Waals surface area contributed by atoms with E-state index >= 15 is 0 Å².